The molecule has 0 bridgehead atoms. The summed E-state index contributed by atoms with van der Waals surface area (Å²) < 4.78 is 9.87. The van der Waals surface area contributed by atoms with Gasteiger partial charge in [-0.05, 0) is 6.07 Å². The highest BCUT2D eigenvalue weighted by molar-refractivity contribution is 5.19. The van der Waals surface area contributed by atoms with Crippen molar-refractivity contribution < 1.29 is 9.47 Å². The monoisotopic (exact) mass is 179 g/mol. The van der Waals surface area contributed by atoms with E-state index in [1.165, 1.54) is 12.3 Å². The smallest absolute Gasteiger partial charge is 0.317 e. The molecule has 68 valence electrons. The van der Waals surface area contributed by atoms with Gasteiger partial charge in [-0.15, -0.1) is 0 Å². The lowest BCUT2D eigenvalue weighted by Crippen LogP contribution is -2.06. The molecule has 0 unspecified atom stereocenters. The van der Waals surface area contributed by atoms with Gasteiger partial charge in [-0.3, -0.25) is 0 Å². The van der Waals surface area contributed by atoms with Crippen molar-refractivity contribution in [2.75, 3.05) is 20.3 Å². The van der Waals surface area contributed by atoms with E-state index in [4.69, 9.17) is 14.7 Å². The molecule has 5 nitrogen and oxygen atoms in total. The van der Waals surface area contributed by atoms with E-state index in [9.17, 15) is 0 Å². The van der Waals surface area contributed by atoms with Crippen molar-refractivity contribution in [2.45, 2.75) is 0 Å². The zero-order chi connectivity index (χ0) is 9.52. The first kappa shape index (κ1) is 9.42. The number of hydrogen-bond acceptors (Lipinski definition) is 5. The van der Waals surface area contributed by atoms with Crippen molar-refractivity contribution in [3.63, 3.8) is 0 Å². The van der Waals surface area contributed by atoms with E-state index >= 15 is 0 Å². The molecule has 1 aromatic heterocycles. The fraction of sp³-hybridized carbons (Fsp3) is 0.375. The number of ether oxygens (including phenoxy) is 2. The Morgan fingerprint density at radius 1 is 1.54 bits per heavy atom. The first-order chi connectivity index (χ1) is 6.36. The molecule has 1 rings (SSSR count). The van der Waals surface area contributed by atoms with E-state index in [1.54, 1.807) is 7.11 Å². The third-order valence-electron chi connectivity index (χ3n) is 1.27. The molecule has 1 heterocycles. The Hall–Kier alpha value is -1.67. The molecule has 0 radical (unpaired) electrons. The zero-order valence-corrected chi connectivity index (χ0v) is 7.23. The van der Waals surface area contributed by atoms with Crippen molar-refractivity contribution in [1.29, 1.82) is 5.26 Å². The van der Waals surface area contributed by atoms with E-state index < -0.39 is 0 Å². The minimum absolute atomic E-state index is 0.205. The van der Waals surface area contributed by atoms with Crippen LogP contribution in [0.1, 0.15) is 5.69 Å². The van der Waals surface area contributed by atoms with Gasteiger partial charge in [0.25, 0.3) is 0 Å². The highest BCUT2D eigenvalue weighted by Crippen LogP contribution is 2.01. The van der Waals surface area contributed by atoms with Crippen LogP contribution in [0, 0.1) is 11.3 Å². The Bertz CT molecular complexity index is 309. The van der Waals surface area contributed by atoms with Gasteiger partial charge in [0.05, 0.1) is 6.61 Å². The summed E-state index contributed by atoms with van der Waals surface area (Å²) in [5.41, 5.74) is 0.294. The molecule has 0 saturated heterocycles. The quantitative estimate of drug-likeness (QED) is 0.625. The second-order valence-electron chi connectivity index (χ2n) is 2.18. The number of rotatable bonds is 4. The van der Waals surface area contributed by atoms with Crippen LogP contribution in [-0.2, 0) is 4.74 Å². The van der Waals surface area contributed by atoms with Gasteiger partial charge >= 0.3 is 6.01 Å². The first-order valence-electron chi connectivity index (χ1n) is 3.71. The van der Waals surface area contributed by atoms with Crippen LogP contribution >= 0.6 is 0 Å². The van der Waals surface area contributed by atoms with Gasteiger partial charge in [0.2, 0.25) is 0 Å². The van der Waals surface area contributed by atoms with Crippen LogP contribution in [0.3, 0.4) is 0 Å². The van der Waals surface area contributed by atoms with E-state index in [0.29, 0.717) is 18.9 Å². The standard InChI is InChI=1S/C8H9N3O2/c1-12-4-5-13-8-10-3-2-7(6-9)11-8/h2-3H,4-5H2,1H3. The van der Waals surface area contributed by atoms with Gasteiger partial charge in [-0.25, -0.2) is 4.98 Å². The van der Waals surface area contributed by atoms with Crippen molar-refractivity contribution in [3.8, 4) is 12.1 Å². The van der Waals surface area contributed by atoms with Crippen molar-refractivity contribution in [1.82, 2.24) is 9.97 Å². The van der Waals surface area contributed by atoms with Gasteiger partial charge in [0.1, 0.15) is 18.4 Å². The molecule has 0 saturated carbocycles. The summed E-state index contributed by atoms with van der Waals surface area (Å²) in [6.45, 7) is 0.853. The zero-order valence-electron chi connectivity index (χ0n) is 7.23. The highest BCUT2D eigenvalue weighted by atomic mass is 16.5. The van der Waals surface area contributed by atoms with E-state index in [2.05, 4.69) is 9.97 Å². The summed E-state index contributed by atoms with van der Waals surface area (Å²) in [5, 5.41) is 8.51. The SMILES string of the molecule is COCCOc1nccc(C#N)n1. The van der Waals surface area contributed by atoms with Crippen molar-refractivity contribution >= 4 is 0 Å². The Morgan fingerprint density at radius 2 is 2.38 bits per heavy atom. The minimum atomic E-state index is 0.205. The summed E-state index contributed by atoms with van der Waals surface area (Å²) in [5.74, 6) is 0. The molecule has 0 amide bonds. The third kappa shape index (κ3) is 3.05. The maximum absolute atomic E-state index is 8.51. The molecule has 13 heavy (non-hydrogen) atoms. The lowest BCUT2D eigenvalue weighted by molar-refractivity contribution is 0.140. The fourth-order valence-corrected chi connectivity index (χ4v) is 0.689. The van der Waals surface area contributed by atoms with Crippen molar-refractivity contribution in [3.05, 3.63) is 18.0 Å². The number of aromatic nitrogens is 2. The average Bonchev–Trinajstić information content (AvgIpc) is 2.19. The number of hydrogen-bond donors (Lipinski definition) is 0. The summed E-state index contributed by atoms with van der Waals surface area (Å²) >= 11 is 0. The molecule has 0 N–H and O–H groups in total. The minimum Gasteiger partial charge on any atom is -0.461 e. The number of nitriles is 1. The largest absolute Gasteiger partial charge is 0.461 e. The molecule has 5 heteroatoms. The molecule has 0 aliphatic rings. The average molecular weight is 179 g/mol. The summed E-state index contributed by atoms with van der Waals surface area (Å²) in [4.78, 5) is 7.63. The first-order valence-corrected chi connectivity index (χ1v) is 3.71. The lowest BCUT2D eigenvalue weighted by Gasteiger charge is -2.01. The van der Waals surface area contributed by atoms with Crippen molar-refractivity contribution in [2.24, 2.45) is 0 Å². The second kappa shape index (κ2) is 5.06. The molecule has 0 aromatic carbocycles. The van der Waals surface area contributed by atoms with Gasteiger partial charge in [0, 0.05) is 13.3 Å². The van der Waals surface area contributed by atoms with Crippen LogP contribution in [0.4, 0.5) is 0 Å². The predicted molar refractivity (Wildman–Crippen MR) is 44.1 cm³/mol. The summed E-state index contributed by atoms with van der Waals surface area (Å²) in [6, 6.07) is 3.62. The molecule has 0 aliphatic heterocycles. The van der Waals surface area contributed by atoms with Crippen LogP contribution in [0.15, 0.2) is 12.3 Å². The number of methoxy groups -OCH3 is 1. The molecule has 1 aromatic rings. The highest BCUT2D eigenvalue weighted by Gasteiger charge is 1.98. The normalized spacial score (nSPS) is 9.23. The van der Waals surface area contributed by atoms with E-state index in [0.717, 1.165) is 0 Å². The Labute approximate surface area is 76.0 Å². The van der Waals surface area contributed by atoms with Gasteiger partial charge < -0.3 is 9.47 Å². The van der Waals surface area contributed by atoms with Gasteiger partial charge in [-0.2, -0.15) is 10.2 Å². The van der Waals surface area contributed by atoms with Crippen LogP contribution in [0.25, 0.3) is 0 Å². The van der Waals surface area contributed by atoms with Crippen LogP contribution in [0.2, 0.25) is 0 Å². The molecule has 0 fully saturated rings. The molecule has 0 aliphatic carbocycles. The van der Waals surface area contributed by atoms with E-state index in [1.807, 2.05) is 6.07 Å². The molecular formula is C8H9N3O2. The Kier molecular flexibility index (Phi) is 3.67. The second-order valence-corrected chi connectivity index (χ2v) is 2.18. The van der Waals surface area contributed by atoms with Gasteiger partial charge in [0.15, 0.2) is 0 Å². The van der Waals surface area contributed by atoms with Crippen LogP contribution < -0.4 is 4.74 Å². The van der Waals surface area contributed by atoms with E-state index in [-0.39, 0.29) is 6.01 Å². The lowest BCUT2D eigenvalue weighted by atomic mass is 10.4. The molecule has 0 spiro atoms. The maximum atomic E-state index is 8.51. The predicted octanol–water partition coefficient (Wildman–Crippen LogP) is 0.373. The van der Waals surface area contributed by atoms with Crippen LogP contribution in [0.5, 0.6) is 6.01 Å². The third-order valence-corrected chi connectivity index (χ3v) is 1.27. The Balaban J connectivity index is 2.52. The number of nitrogens with zero attached hydrogens (tertiary/aromatic N) is 3. The topological polar surface area (TPSA) is 68.0 Å². The Morgan fingerprint density at radius 3 is 3.08 bits per heavy atom. The molecular weight excluding hydrogens is 170 g/mol. The fourth-order valence-electron chi connectivity index (χ4n) is 0.689. The molecule has 0 atom stereocenters. The van der Waals surface area contributed by atoms with Gasteiger partial charge in [-0.1, -0.05) is 0 Å². The van der Waals surface area contributed by atoms with Crippen LogP contribution in [-0.4, -0.2) is 30.3 Å². The summed E-state index contributed by atoms with van der Waals surface area (Å²) in [6.07, 6.45) is 1.48. The maximum Gasteiger partial charge on any atom is 0.317 e. The summed E-state index contributed by atoms with van der Waals surface area (Å²) in [7, 11) is 1.58.